The normalized spacial score (nSPS) is 28.3. The zero-order valence-corrected chi connectivity index (χ0v) is 21.0. The number of carbonyl (C=O) groups is 1. The van der Waals surface area contributed by atoms with Crippen LogP contribution in [0.15, 0.2) is 22.9 Å². The van der Waals surface area contributed by atoms with Crippen molar-refractivity contribution in [3.63, 3.8) is 0 Å². The molecule has 3 fully saturated rings. The number of aryl methyl sites for hydroxylation is 1. The van der Waals surface area contributed by atoms with Crippen LogP contribution in [0.1, 0.15) is 76.5 Å². The van der Waals surface area contributed by atoms with Gasteiger partial charge in [0.2, 0.25) is 0 Å². The van der Waals surface area contributed by atoms with E-state index in [2.05, 4.69) is 10.1 Å². The van der Waals surface area contributed by atoms with Crippen LogP contribution in [-0.4, -0.2) is 41.2 Å². The molecule has 2 aromatic rings. The van der Waals surface area contributed by atoms with E-state index < -0.39 is 0 Å². The molecule has 4 atom stereocenters. The van der Waals surface area contributed by atoms with Gasteiger partial charge in [0, 0.05) is 12.0 Å². The number of hydrogen-bond acceptors (Lipinski definition) is 8. The molecule has 8 nitrogen and oxygen atoms in total. The highest BCUT2D eigenvalue weighted by Crippen LogP contribution is 2.59. The summed E-state index contributed by atoms with van der Waals surface area (Å²) in [6, 6.07) is 3.82. The first-order valence-corrected chi connectivity index (χ1v) is 13.0. The molecular formula is C27H36N2O6. The van der Waals surface area contributed by atoms with Gasteiger partial charge in [-0.05, 0) is 77.8 Å². The molecule has 0 aromatic carbocycles. The third kappa shape index (κ3) is 5.54. The van der Waals surface area contributed by atoms with Crippen LogP contribution in [0.4, 0.5) is 0 Å². The number of carbonyl (C=O) groups excluding carboxylic acids is 1. The van der Waals surface area contributed by atoms with E-state index in [1.807, 2.05) is 32.9 Å². The summed E-state index contributed by atoms with van der Waals surface area (Å²) in [5.41, 5.74) is 2.47. The van der Waals surface area contributed by atoms with E-state index in [4.69, 9.17) is 23.5 Å². The van der Waals surface area contributed by atoms with E-state index in [-0.39, 0.29) is 35.8 Å². The molecule has 1 spiro atoms. The van der Waals surface area contributed by atoms with Crippen LogP contribution in [0.25, 0.3) is 11.5 Å². The first-order chi connectivity index (χ1) is 16.9. The maximum atomic E-state index is 12.4. The molecule has 2 aromatic heterocycles. The topological polar surface area (TPSA) is 92.9 Å². The first-order valence-electron chi connectivity index (χ1n) is 13.0. The molecule has 2 aliphatic carbocycles. The van der Waals surface area contributed by atoms with Crippen LogP contribution in [0.5, 0.6) is 5.75 Å². The molecule has 3 aliphatic rings. The zero-order valence-electron chi connectivity index (χ0n) is 21.0. The Labute approximate surface area is 206 Å². The zero-order chi connectivity index (χ0) is 24.4. The summed E-state index contributed by atoms with van der Waals surface area (Å²) in [6.07, 6.45) is 9.60. The smallest absolute Gasteiger partial charge is 0.309 e. The fourth-order valence-corrected chi connectivity index (χ4v) is 5.41. The summed E-state index contributed by atoms with van der Waals surface area (Å²) in [5.74, 6) is 1.27. The van der Waals surface area contributed by atoms with Gasteiger partial charge in [0.25, 0.3) is 0 Å². The molecule has 35 heavy (non-hydrogen) atoms. The summed E-state index contributed by atoms with van der Waals surface area (Å²) in [6.45, 7) is 6.83. The van der Waals surface area contributed by atoms with Gasteiger partial charge in [-0.15, -0.1) is 0 Å². The van der Waals surface area contributed by atoms with E-state index >= 15 is 0 Å². The molecule has 2 saturated carbocycles. The summed E-state index contributed by atoms with van der Waals surface area (Å²) in [7, 11) is 0. The van der Waals surface area contributed by atoms with E-state index in [9.17, 15) is 4.79 Å². The van der Waals surface area contributed by atoms with Crippen molar-refractivity contribution in [3.8, 4) is 17.2 Å². The molecule has 1 saturated heterocycles. The Bertz CT molecular complexity index is 1010. The Kier molecular flexibility index (Phi) is 7.12. The average Bonchev–Trinajstić information content (AvgIpc) is 3.35. The van der Waals surface area contributed by atoms with Gasteiger partial charge < -0.3 is 23.5 Å². The third-order valence-electron chi connectivity index (χ3n) is 7.46. The van der Waals surface area contributed by atoms with Crippen LogP contribution in [0.3, 0.4) is 0 Å². The lowest BCUT2D eigenvalue weighted by atomic mass is 9.78. The molecule has 190 valence electrons. The van der Waals surface area contributed by atoms with E-state index in [1.54, 1.807) is 6.20 Å². The summed E-state index contributed by atoms with van der Waals surface area (Å²) < 4.78 is 29.0. The maximum Gasteiger partial charge on any atom is 0.309 e. The van der Waals surface area contributed by atoms with Gasteiger partial charge in [-0.1, -0.05) is 11.6 Å². The number of ether oxygens (including phenoxy) is 4. The van der Waals surface area contributed by atoms with E-state index in [0.29, 0.717) is 18.1 Å². The highest BCUT2D eigenvalue weighted by atomic mass is 16.7. The van der Waals surface area contributed by atoms with Crippen LogP contribution in [0.2, 0.25) is 0 Å². The average molecular weight is 485 g/mol. The van der Waals surface area contributed by atoms with Crippen LogP contribution < -0.4 is 4.74 Å². The van der Waals surface area contributed by atoms with Crippen molar-refractivity contribution in [3.05, 3.63) is 29.6 Å². The Morgan fingerprint density at radius 1 is 1.20 bits per heavy atom. The first kappa shape index (κ1) is 24.3. The van der Waals surface area contributed by atoms with Gasteiger partial charge in [0.1, 0.15) is 17.5 Å². The van der Waals surface area contributed by atoms with E-state index in [1.165, 1.54) is 0 Å². The minimum Gasteiger partial charge on any atom is -0.488 e. The van der Waals surface area contributed by atoms with E-state index in [0.717, 1.165) is 75.0 Å². The second-order valence-electron chi connectivity index (χ2n) is 10.5. The minimum absolute atomic E-state index is 0.0189. The van der Waals surface area contributed by atoms with Crippen LogP contribution in [0, 0.1) is 18.3 Å². The van der Waals surface area contributed by atoms with Crippen molar-refractivity contribution in [1.29, 1.82) is 0 Å². The third-order valence-corrected chi connectivity index (χ3v) is 7.46. The van der Waals surface area contributed by atoms with Gasteiger partial charge in [-0.3, -0.25) is 4.79 Å². The molecule has 5 rings (SSSR count). The van der Waals surface area contributed by atoms with Crippen molar-refractivity contribution in [1.82, 2.24) is 10.1 Å². The molecular weight excluding hydrogens is 448 g/mol. The molecule has 0 bridgehead atoms. The molecule has 3 heterocycles. The molecule has 1 aliphatic heterocycles. The molecule has 0 N–H and O–H groups in total. The van der Waals surface area contributed by atoms with Gasteiger partial charge in [0.15, 0.2) is 12.1 Å². The number of rotatable bonds is 8. The number of esters is 1. The van der Waals surface area contributed by atoms with Crippen molar-refractivity contribution >= 4 is 5.97 Å². The molecule has 8 heteroatoms. The molecule has 0 radical (unpaired) electrons. The van der Waals surface area contributed by atoms with Crippen molar-refractivity contribution in [2.75, 3.05) is 6.61 Å². The number of hydrogen-bond donors (Lipinski definition) is 0. The quantitative estimate of drug-likeness (QED) is 0.462. The lowest BCUT2D eigenvalue weighted by molar-refractivity contribution is -0.168. The second kappa shape index (κ2) is 10.3. The Morgan fingerprint density at radius 3 is 2.83 bits per heavy atom. The minimum atomic E-state index is -0.174. The lowest BCUT2D eigenvalue weighted by Gasteiger charge is -2.29. The van der Waals surface area contributed by atoms with Gasteiger partial charge >= 0.3 is 5.97 Å². The fourth-order valence-electron chi connectivity index (χ4n) is 5.41. The standard InChI is InChI=1S/C27H36N2O6/c1-17(2)33-26(30)19-7-6-11-27(13-19)14-23(27)34-20-9-10-22(28-15-20)25-21(18(3)29-35-25)16-32-24-8-4-5-12-31-24/h9-10,15,17,19,23-24H,4-8,11-14,16H2,1-3H3/t19-,23?,24?,27-/m0/s1. The van der Waals surface area contributed by atoms with Crippen molar-refractivity contribution in [2.24, 2.45) is 11.3 Å². The van der Waals surface area contributed by atoms with Crippen molar-refractivity contribution in [2.45, 2.75) is 97.2 Å². The number of aromatic nitrogens is 2. The Hall–Kier alpha value is -2.45. The summed E-state index contributed by atoms with van der Waals surface area (Å²) in [4.78, 5) is 17.0. The SMILES string of the molecule is Cc1noc(-c2ccc(OC3C[C@@]34CCC[C@H](C(=O)OC(C)C)C4)cn2)c1COC1CCCCO1. The lowest BCUT2D eigenvalue weighted by Crippen LogP contribution is -2.29. The monoisotopic (exact) mass is 484 g/mol. The fraction of sp³-hybridized carbons (Fsp3) is 0.667. The predicted octanol–water partition coefficient (Wildman–Crippen LogP) is 5.37. The van der Waals surface area contributed by atoms with Crippen LogP contribution in [-0.2, 0) is 25.6 Å². The second-order valence-corrected chi connectivity index (χ2v) is 10.5. The maximum absolute atomic E-state index is 12.4. The highest BCUT2D eigenvalue weighted by molar-refractivity contribution is 5.73. The Balaban J connectivity index is 1.19. The molecule has 2 unspecified atom stereocenters. The van der Waals surface area contributed by atoms with Gasteiger partial charge in [-0.2, -0.15) is 0 Å². The summed E-state index contributed by atoms with van der Waals surface area (Å²) >= 11 is 0. The van der Waals surface area contributed by atoms with Crippen LogP contribution >= 0.6 is 0 Å². The largest absolute Gasteiger partial charge is 0.488 e. The summed E-state index contributed by atoms with van der Waals surface area (Å²) in [5, 5.41) is 4.13. The number of nitrogens with zero attached hydrogens (tertiary/aromatic N) is 2. The number of pyridine rings is 1. The van der Waals surface area contributed by atoms with Crippen molar-refractivity contribution < 1.29 is 28.3 Å². The highest BCUT2D eigenvalue weighted by Gasteiger charge is 2.58. The predicted molar refractivity (Wildman–Crippen MR) is 128 cm³/mol. The van der Waals surface area contributed by atoms with Gasteiger partial charge in [-0.25, -0.2) is 4.98 Å². The molecule has 0 amide bonds. The Morgan fingerprint density at radius 2 is 2.09 bits per heavy atom. The van der Waals surface area contributed by atoms with Gasteiger partial charge in [0.05, 0.1) is 36.1 Å².